The van der Waals surface area contributed by atoms with Gasteiger partial charge < -0.3 is 10.6 Å². The highest BCUT2D eigenvalue weighted by atomic mass is 16.2. The smallest absolute Gasteiger partial charge is 0.319 e. The van der Waals surface area contributed by atoms with Crippen LogP contribution in [0.3, 0.4) is 0 Å². The number of carbonyl (C=O) groups excluding carboxylic acids is 1. The topological polar surface area (TPSA) is 44.4 Å². The van der Waals surface area contributed by atoms with Crippen LogP contribution in [0.15, 0.2) is 30.3 Å². The molecule has 4 heteroatoms. The first-order valence-corrected chi connectivity index (χ1v) is 8.69. The number of para-hydroxylation sites is 1. The second-order valence-corrected chi connectivity index (χ2v) is 7.05. The highest BCUT2D eigenvalue weighted by molar-refractivity contribution is 5.89. The number of anilines is 1. The molecule has 0 radical (unpaired) electrons. The normalized spacial score (nSPS) is 31.5. The van der Waals surface area contributed by atoms with Crippen LogP contribution in [0.4, 0.5) is 10.5 Å². The molecule has 3 aliphatic rings. The van der Waals surface area contributed by atoms with Gasteiger partial charge in [0.25, 0.3) is 0 Å². The maximum atomic E-state index is 12.2. The molecule has 2 aliphatic heterocycles. The molecule has 2 saturated heterocycles. The van der Waals surface area contributed by atoms with Crippen LogP contribution in [0.2, 0.25) is 0 Å². The van der Waals surface area contributed by atoms with Crippen LogP contribution >= 0.6 is 0 Å². The number of piperidine rings is 2. The van der Waals surface area contributed by atoms with Crippen LogP contribution < -0.4 is 10.6 Å². The predicted octanol–water partition coefficient (Wildman–Crippen LogP) is 3.36. The molecular formula is C18H25N3O. The molecule has 3 atom stereocenters. The first kappa shape index (κ1) is 14.1. The number of benzene rings is 1. The fourth-order valence-corrected chi connectivity index (χ4v) is 4.38. The molecule has 2 bridgehead atoms. The monoisotopic (exact) mass is 299 g/mol. The Labute approximate surface area is 132 Å². The van der Waals surface area contributed by atoms with Crippen molar-refractivity contribution in [1.82, 2.24) is 10.2 Å². The Morgan fingerprint density at radius 3 is 2.27 bits per heavy atom. The molecule has 0 spiro atoms. The van der Waals surface area contributed by atoms with Crippen molar-refractivity contribution in [3.8, 4) is 0 Å². The molecule has 2 amide bonds. The highest BCUT2D eigenvalue weighted by Gasteiger charge is 2.45. The maximum absolute atomic E-state index is 12.2. The lowest BCUT2D eigenvalue weighted by molar-refractivity contribution is 0.0198. The number of nitrogens with one attached hydrogen (secondary N) is 2. The Kier molecular flexibility index (Phi) is 3.78. The first-order valence-electron chi connectivity index (χ1n) is 8.69. The van der Waals surface area contributed by atoms with E-state index >= 15 is 0 Å². The predicted molar refractivity (Wildman–Crippen MR) is 87.9 cm³/mol. The van der Waals surface area contributed by atoms with Crippen LogP contribution in [0.1, 0.15) is 44.9 Å². The van der Waals surface area contributed by atoms with Crippen molar-refractivity contribution in [2.45, 2.75) is 69.1 Å². The summed E-state index contributed by atoms with van der Waals surface area (Å²) in [6.07, 6.45) is 9.00. The largest absolute Gasteiger partial charge is 0.335 e. The van der Waals surface area contributed by atoms with Gasteiger partial charge in [-0.25, -0.2) is 4.79 Å². The van der Waals surface area contributed by atoms with E-state index in [0.717, 1.165) is 24.6 Å². The molecule has 1 unspecified atom stereocenters. The zero-order valence-corrected chi connectivity index (χ0v) is 13.0. The minimum atomic E-state index is -0.0610. The summed E-state index contributed by atoms with van der Waals surface area (Å²) >= 11 is 0. The third-order valence-corrected chi connectivity index (χ3v) is 5.37. The minimum Gasteiger partial charge on any atom is -0.335 e. The fraction of sp³-hybridized carbons (Fsp3) is 0.611. The van der Waals surface area contributed by atoms with Crippen molar-refractivity contribution in [1.29, 1.82) is 0 Å². The SMILES string of the molecule is O=C(Nc1ccccc1)NC1C[C@H]2CCC[C@@H](C1)N2C1CC1. The van der Waals surface area contributed by atoms with Gasteiger partial charge in [-0.3, -0.25) is 4.90 Å². The zero-order valence-electron chi connectivity index (χ0n) is 13.0. The van der Waals surface area contributed by atoms with Crippen molar-refractivity contribution in [3.05, 3.63) is 30.3 Å². The van der Waals surface area contributed by atoms with Gasteiger partial charge in [0.05, 0.1) is 0 Å². The standard InChI is InChI=1S/C18H25N3O/c22-18(19-13-5-2-1-3-6-13)20-14-11-16-7-4-8-17(12-14)21(16)15-9-10-15/h1-3,5-6,14-17H,4,7-12H2,(H2,19,20,22)/t14?,16-,17+. The van der Waals surface area contributed by atoms with Crippen molar-refractivity contribution >= 4 is 11.7 Å². The van der Waals surface area contributed by atoms with E-state index in [2.05, 4.69) is 15.5 Å². The molecule has 1 aromatic carbocycles. The van der Waals surface area contributed by atoms with E-state index in [1.165, 1.54) is 32.1 Å². The third-order valence-electron chi connectivity index (χ3n) is 5.37. The molecule has 1 aromatic rings. The van der Waals surface area contributed by atoms with Gasteiger partial charge in [-0.15, -0.1) is 0 Å². The van der Waals surface area contributed by atoms with Gasteiger partial charge in [-0.2, -0.15) is 0 Å². The van der Waals surface area contributed by atoms with Gasteiger partial charge in [0, 0.05) is 29.9 Å². The van der Waals surface area contributed by atoms with E-state index in [4.69, 9.17) is 0 Å². The number of nitrogens with zero attached hydrogens (tertiary/aromatic N) is 1. The van der Waals surface area contributed by atoms with Crippen LogP contribution in [0.5, 0.6) is 0 Å². The minimum absolute atomic E-state index is 0.0610. The Morgan fingerprint density at radius 1 is 0.955 bits per heavy atom. The number of fused-ring (bicyclic) bond motifs is 2. The molecule has 4 rings (SSSR count). The summed E-state index contributed by atoms with van der Waals surface area (Å²) in [4.78, 5) is 15.0. The summed E-state index contributed by atoms with van der Waals surface area (Å²) in [6, 6.07) is 12.2. The molecule has 4 nitrogen and oxygen atoms in total. The Balaban J connectivity index is 1.35. The lowest BCUT2D eigenvalue weighted by atomic mass is 9.81. The average Bonchev–Trinajstić information content (AvgIpc) is 3.31. The van der Waals surface area contributed by atoms with Gasteiger partial charge in [-0.05, 0) is 50.7 Å². The highest BCUT2D eigenvalue weighted by Crippen LogP contribution is 2.41. The number of urea groups is 1. The Bertz CT molecular complexity index is 514. The van der Waals surface area contributed by atoms with Crippen molar-refractivity contribution in [2.75, 3.05) is 5.32 Å². The molecule has 1 aliphatic carbocycles. The van der Waals surface area contributed by atoms with Gasteiger partial charge >= 0.3 is 6.03 Å². The summed E-state index contributed by atoms with van der Waals surface area (Å²) in [5, 5.41) is 6.14. The molecular weight excluding hydrogens is 274 g/mol. The number of amides is 2. The van der Waals surface area contributed by atoms with Gasteiger partial charge in [0.15, 0.2) is 0 Å². The quantitative estimate of drug-likeness (QED) is 0.899. The van der Waals surface area contributed by atoms with E-state index < -0.39 is 0 Å². The van der Waals surface area contributed by atoms with Crippen molar-refractivity contribution in [2.24, 2.45) is 0 Å². The molecule has 22 heavy (non-hydrogen) atoms. The lowest BCUT2D eigenvalue weighted by Crippen LogP contribution is -2.58. The summed E-state index contributed by atoms with van der Waals surface area (Å²) in [5.41, 5.74) is 0.857. The van der Waals surface area contributed by atoms with E-state index in [1.54, 1.807) is 0 Å². The maximum Gasteiger partial charge on any atom is 0.319 e. The number of hydrogen-bond acceptors (Lipinski definition) is 2. The number of carbonyl (C=O) groups is 1. The zero-order chi connectivity index (χ0) is 14.9. The lowest BCUT2D eigenvalue weighted by Gasteiger charge is -2.49. The average molecular weight is 299 g/mol. The molecule has 1 saturated carbocycles. The third kappa shape index (κ3) is 2.98. The van der Waals surface area contributed by atoms with Crippen LogP contribution in [0, 0.1) is 0 Å². The van der Waals surface area contributed by atoms with E-state index in [9.17, 15) is 4.79 Å². The van der Waals surface area contributed by atoms with Crippen LogP contribution in [0.25, 0.3) is 0 Å². The molecule has 2 heterocycles. The molecule has 0 aromatic heterocycles. The molecule has 3 fully saturated rings. The van der Waals surface area contributed by atoms with E-state index in [-0.39, 0.29) is 6.03 Å². The summed E-state index contributed by atoms with van der Waals surface area (Å²) in [5.74, 6) is 0. The molecule has 2 N–H and O–H groups in total. The van der Waals surface area contributed by atoms with Gasteiger partial charge in [0.2, 0.25) is 0 Å². The van der Waals surface area contributed by atoms with Crippen LogP contribution in [-0.4, -0.2) is 35.1 Å². The Morgan fingerprint density at radius 2 is 1.64 bits per heavy atom. The number of hydrogen-bond donors (Lipinski definition) is 2. The van der Waals surface area contributed by atoms with Gasteiger partial charge in [-0.1, -0.05) is 24.6 Å². The number of rotatable bonds is 3. The van der Waals surface area contributed by atoms with Crippen LogP contribution in [-0.2, 0) is 0 Å². The first-order chi connectivity index (χ1) is 10.8. The second-order valence-electron chi connectivity index (χ2n) is 7.05. The van der Waals surface area contributed by atoms with Gasteiger partial charge in [0.1, 0.15) is 0 Å². The van der Waals surface area contributed by atoms with E-state index in [0.29, 0.717) is 18.1 Å². The second kappa shape index (κ2) is 5.92. The molecule has 118 valence electrons. The van der Waals surface area contributed by atoms with Crippen molar-refractivity contribution in [3.63, 3.8) is 0 Å². The summed E-state index contributed by atoms with van der Waals surface area (Å²) in [7, 11) is 0. The summed E-state index contributed by atoms with van der Waals surface area (Å²) in [6.45, 7) is 0. The fourth-order valence-electron chi connectivity index (χ4n) is 4.38. The van der Waals surface area contributed by atoms with E-state index in [1.807, 2.05) is 30.3 Å². The van der Waals surface area contributed by atoms with Crippen molar-refractivity contribution < 1.29 is 4.79 Å². The Hall–Kier alpha value is -1.55. The summed E-state index contributed by atoms with van der Waals surface area (Å²) < 4.78 is 0.